The molecule has 0 unspecified atom stereocenters. The van der Waals surface area contributed by atoms with Gasteiger partial charge in [0.1, 0.15) is 12.2 Å². The van der Waals surface area contributed by atoms with Gasteiger partial charge in [0, 0.05) is 5.56 Å². The van der Waals surface area contributed by atoms with Gasteiger partial charge < -0.3 is 9.84 Å². The average molecular weight is 271 g/mol. The van der Waals surface area contributed by atoms with Crippen LogP contribution in [0.5, 0.6) is 5.75 Å². The monoisotopic (exact) mass is 271 g/mol. The fourth-order valence-electron chi connectivity index (χ4n) is 1.73. The number of benzene rings is 2. The molecule has 0 radical (unpaired) electrons. The number of carboxylic acid groups (broad SMARTS) is 1. The van der Waals surface area contributed by atoms with Crippen LogP contribution < -0.4 is 4.74 Å². The van der Waals surface area contributed by atoms with Crippen LogP contribution in [0, 0.1) is 17.1 Å². The lowest BCUT2D eigenvalue weighted by Crippen LogP contribution is -2.06. The Labute approximate surface area is 114 Å². The molecule has 0 aromatic heterocycles. The second-order valence-corrected chi connectivity index (χ2v) is 3.98. The first-order valence-electron chi connectivity index (χ1n) is 5.76. The van der Waals surface area contributed by atoms with Crippen LogP contribution in [0.25, 0.3) is 0 Å². The number of para-hydroxylation sites is 1. The van der Waals surface area contributed by atoms with Crippen molar-refractivity contribution in [3.05, 3.63) is 65.0 Å². The molecule has 0 aliphatic carbocycles. The summed E-state index contributed by atoms with van der Waals surface area (Å²) in [7, 11) is 0. The molecule has 0 aliphatic heterocycles. The highest BCUT2D eigenvalue weighted by Gasteiger charge is 2.16. The Hall–Kier alpha value is -2.87. The van der Waals surface area contributed by atoms with Crippen molar-refractivity contribution in [2.75, 3.05) is 0 Å². The van der Waals surface area contributed by atoms with Crippen LogP contribution in [0.3, 0.4) is 0 Å². The third-order valence-electron chi connectivity index (χ3n) is 2.71. The lowest BCUT2D eigenvalue weighted by atomic mass is 10.1. The van der Waals surface area contributed by atoms with Crippen molar-refractivity contribution in [2.24, 2.45) is 0 Å². The average Bonchev–Trinajstić information content (AvgIpc) is 2.46. The van der Waals surface area contributed by atoms with E-state index in [1.807, 2.05) is 6.07 Å². The van der Waals surface area contributed by atoms with Crippen LogP contribution in [0.4, 0.5) is 4.39 Å². The maximum Gasteiger partial charge on any atom is 0.339 e. The third kappa shape index (κ3) is 2.75. The van der Waals surface area contributed by atoms with Crippen molar-refractivity contribution in [2.45, 2.75) is 6.61 Å². The van der Waals surface area contributed by atoms with Gasteiger partial charge in [-0.15, -0.1) is 0 Å². The van der Waals surface area contributed by atoms with Crippen molar-refractivity contribution in [1.29, 1.82) is 5.26 Å². The zero-order valence-corrected chi connectivity index (χ0v) is 10.3. The molecule has 2 aromatic carbocycles. The number of nitriles is 1. The van der Waals surface area contributed by atoms with E-state index in [1.165, 1.54) is 12.1 Å². The number of ether oxygens (including phenoxy) is 1. The van der Waals surface area contributed by atoms with Crippen LogP contribution >= 0.6 is 0 Å². The predicted molar refractivity (Wildman–Crippen MR) is 68.8 cm³/mol. The van der Waals surface area contributed by atoms with E-state index in [-0.39, 0.29) is 17.9 Å². The summed E-state index contributed by atoms with van der Waals surface area (Å²) >= 11 is 0. The first-order valence-corrected chi connectivity index (χ1v) is 5.76. The molecule has 0 aliphatic rings. The second-order valence-electron chi connectivity index (χ2n) is 3.98. The van der Waals surface area contributed by atoms with Gasteiger partial charge in [0.15, 0.2) is 11.6 Å². The van der Waals surface area contributed by atoms with Crippen LogP contribution in [0.2, 0.25) is 0 Å². The van der Waals surface area contributed by atoms with Crippen molar-refractivity contribution in [1.82, 2.24) is 0 Å². The Balaban J connectivity index is 2.28. The van der Waals surface area contributed by atoms with Gasteiger partial charge in [-0.05, 0) is 18.2 Å². The van der Waals surface area contributed by atoms with Gasteiger partial charge in [0.25, 0.3) is 0 Å². The van der Waals surface area contributed by atoms with E-state index >= 15 is 0 Å². The number of nitrogens with zero attached hydrogens (tertiary/aromatic N) is 1. The van der Waals surface area contributed by atoms with Crippen LogP contribution in [-0.2, 0) is 6.61 Å². The van der Waals surface area contributed by atoms with Gasteiger partial charge in [-0.2, -0.15) is 5.26 Å². The Morgan fingerprint density at radius 3 is 2.70 bits per heavy atom. The number of aromatic carboxylic acids is 1. The molecular formula is C15H10FNO3. The van der Waals surface area contributed by atoms with E-state index in [4.69, 9.17) is 15.1 Å². The molecule has 2 aromatic rings. The zero-order chi connectivity index (χ0) is 14.5. The van der Waals surface area contributed by atoms with E-state index in [1.54, 1.807) is 24.3 Å². The predicted octanol–water partition coefficient (Wildman–Crippen LogP) is 2.97. The normalized spacial score (nSPS) is 9.80. The Kier molecular flexibility index (Phi) is 3.96. The fraction of sp³-hybridized carbons (Fsp3) is 0.0667. The van der Waals surface area contributed by atoms with Crippen molar-refractivity contribution in [3.63, 3.8) is 0 Å². The lowest BCUT2D eigenvalue weighted by molar-refractivity contribution is 0.0690. The van der Waals surface area contributed by atoms with Crippen molar-refractivity contribution in [3.8, 4) is 11.8 Å². The molecule has 5 heteroatoms. The molecule has 0 saturated carbocycles. The number of hydrogen-bond acceptors (Lipinski definition) is 3. The smallest absolute Gasteiger partial charge is 0.339 e. The molecule has 0 amide bonds. The van der Waals surface area contributed by atoms with Crippen LogP contribution in [0.15, 0.2) is 42.5 Å². The summed E-state index contributed by atoms with van der Waals surface area (Å²) in [5, 5.41) is 17.9. The molecule has 2 rings (SSSR count). The van der Waals surface area contributed by atoms with E-state index in [0.717, 1.165) is 6.07 Å². The maximum atomic E-state index is 13.6. The summed E-state index contributed by atoms with van der Waals surface area (Å²) in [6, 6.07) is 12.4. The topological polar surface area (TPSA) is 70.3 Å². The van der Waals surface area contributed by atoms with Gasteiger partial charge in [-0.3, -0.25) is 0 Å². The molecule has 4 nitrogen and oxygen atoms in total. The number of hydrogen-bond donors (Lipinski definition) is 1. The first kappa shape index (κ1) is 13.6. The summed E-state index contributed by atoms with van der Waals surface area (Å²) in [5.41, 5.74) is 0.717. The quantitative estimate of drug-likeness (QED) is 0.928. The summed E-state index contributed by atoms with van der Waals surface area (Å²) in [6.07, 6.45) is 0. The molecule has 20 heavy (non-hydrogen) atoms. The van der Waals surface area contributed by atoms with Gasteiger partial charge in [0.2, 0.25) is 0 Å². The Bertz CT molecular complexity index is 692. The van der Waals surface area contributed by atoms with Crippen LogP contribution in [0.1, 0.15) is 21.5 Å². The highest BCUT2D eigenvalue weighted by Crippen LogP contribution is 2.24. The van der Waals surface area contributed by atoms with E-state index in [2.05, 4.69) is 0 Å². The highest BCUT2D eigenvalue weighted by molar-refractivity contribution is 5.90. The van der Waals surface area contributed by atoms with Crippen LogP contribution in [-0.4, -0.2) is 11.1 Å². The summed E-state index contributed by atoms with van der Waals surface area (Å²) < 4.78 is 18.9. The molecule has 0 spiro atoms. The van der Waals surface area contributed by atoms with Crippen molar-refractivity contribution < 1.29 is 19.0 Å². The van der Waals surface area contributed by atoms with E-state index in [9.17, 15) is 9.18 Å². The molecular weight excluding hydrogens is 261 g/mol. The Morgan fingerprint density at radius 1 is 1.25 bits per heavy atom. The minimum Gasteiger partial charge on any atom is -0.485 e. The lowest BCUT2D eigenvalue weighted by Gasteiger charge is -2.10. The molecule has 100 valence electrons. The van der Waals surface area contributed by atoms with E-state index < -0.39 is 11.8 Å². The Morgan fingerprint density at radius 2 is 2.00 bits per heavy atom. The van der Waals surface area contributed by atoms with Gasteiger partial charge in [0.05, 0.1) is 11.6 Å². The number of rotatable bonds is 4. The molecule has 0 atom stereocenters. The minimum absolute atomic E-state index is 0.0784. The van der Waals surface area contributed by atoms with Gasteiger partial charge in [-0.25, -0.2) is 9.18 Å². The van der Waals surface area contributed by atoms with Gasteiger partial charge in [-0.1, -0.05) is 24.3 Å². The number of carboxylic acids is 1. The van der Waals surface area contributed by atoms with Crippen molar-refractivity contribution >= 4 is 5.97 Å². The highest BCUT2D eigenvalue weighted by atomic mass is 19.1. The van der Waals surface area contributed by atoms with Gasteiger partial charge >= 0.3 is 5.97 Å². The fourth-order valence-corrected chi connectivity index (χ4v) is 1.73. The maximum absolute atomic E-state index is 13.6. The third-order valence-corrected chi connectivity index (χ3v) is 2.71. The second kappa shape index (κ2) is 5.85. The molecule has 1 N–H and O–H groups in total. The SMILES string of the molecule is N#Cc1ccccc1COc1c(F)cccc1C(=O)O. The molecule has 0 bridgehead atoms. The standard InChI is InChI=1S/C15H10FNO3/c16-13-7-3-6-12(15(18)19)14(13)20-9-11-5-2-1-4-10(11)8-17/h1-7H,9H2,(H,18,19). The molecule has 0 heterocycles. The number of carbonyl (C=O) groups is 1. The molecule has 0 saturated heterocycles. The summed E-state index contributed by atoms with van der Waals surface area (Å²) in [5.74, 6) is -2.35. The summed E-state index contributed by atoms with van der Waals surface area (Å²) in [6.45, 7) is -0.0784. The molecule has 0 fully saturated rings. The largest absolute Gasteiger partial charge is 0.485 e. The number of halogens is 1. The first-order chi connectivity index (χ1) is 9.63. The minimum atomic E-state index is -1.27. The van der Waals surface area contributed by atoms with E-state index in [0.29, 0.717) is 11.1 Å². The summed E-state index contributed by atoms with van der Waals surface area (Å²) in [4.78, 5) is 11.0. The zero-order valence-electron chi connectivity index (χ0n) is 10.3.